The Hall–Kier alpha value is -2.88. The lowest BCUT2D eigenvalue weighted by molar-refractivity contribution is -0.322. The molecule has 3 atom stereocenters. The molecular weight excluding hydrogens is 480 g/mol. The van der Waals surface area contributed by atoms with Crippen molar-refractivity contribution in [2.75, 3.05) is 13.6 Å². The highest BCUT2D eigenvalue weighted by atomic mass is 32.1. The van der Waals surface area contributed by atoms with Crippen molar-refractivity contribution >= 4 is 23.3 Å². The number of fused-ring (bicyclic) bond motifs is 1. The summed E-state index contributed by atoms with van der Waals surface area (Å²) >= 11 is 1.66. The van der Waals surface area contributed by atoms with E-state index in [4.69, 9.17) is 14.5 Å². The van der Waals surface area contributed by atoms with Crippen LogP contribution in [0.2, 0.25) is 0 Å². The van der Waals surface area contributed by atoms with Crippen LogP contribution in [0.1, 0.15) is 56.0 Å². The molecule has 3 unspecified atom stereocenters. The maximum absolute atomic E-state index is 13.5. The highest BCUT2D eigenvalue weighted by molar-refractivity contribution is 7.09. The Morgan fingerprint density at radius 1 is 1.31 bits per heavy atom. The van der Waals surface area contributed by atoms with Crippen LogP contribution >= 0.6 is 11.3 Å². The van der Waals surface area contributed by atoms with Crippen LogP contribution in [-0.4, -0.2) is 42.6 Å². The van der Waals surface area contributed by atoms with E-state index < -0.39 is 29.3 Å². The molecule has 0 saturated heterocycles. The van der Waals surface area contributed by atoms with Crippen molar-refractivity contribution in [3.8, 4) is 5.75 Å². The molecule has 8 nitrogen and oxygen atoms in total. The lowest BCUT2D eigenvalue weighted by Crippen LogP contribution is -2.61. The first kappa shape index (κ1) is 26.2. The molecule has 194 valence electrons. The van der Waals surface area contributed by atoms with Gasteiger partial charge in [-0.15, -0.1) is 11.3 Å². The fourth-order valence-corrected chi connectivity index (χ4v) is 6.10. The monoisotopic (exact) mass is 513 g/mol. The van der Waals surface area contributed by atoms with Crippen molar-refractivity contribution in [3.63, 3.8) is 0 Å². The Bertz CT molecular complexity index is 1150. The predicted octanol–water partition coefficient (Wildman–Crippen LogP) is 3.13. The number of esters is 1. The number of ether oxygens (including phenoxy) is 1. The fraction of sp³-hybridized carbons (Fsp3) is 0.481. The number of rotatable bonds is 9. The van der Waals surface area contributed by atoms with Gasteiger partial charge in [0.25, 0.3) is 0 Å². The molecule has 0 radical (unpaired) electrons. The van der Waals surface area contributed by atoms with Crippen molar-refractivity contribution in [1.29, 1.82) is 0 Å². The lowest BCUT2D eigenvalue weighted by Gasteiger charge is -2.51. The van der Waals surface area contributed by atoms with Crippen LogP contribution in [0.15, 0.2) is 47.0 Å². The average molecular weight is 514 g/mol. The number of carbonyl (C=O) groups excluding carboxylic acids is 2. The molecule has 1 aromatic carbocycles. The summed E-state index contributed by atoms with van der Waals surface area (Å²) in [5.74, 6) is -2.19. The third-order valence-electron chi connectivity index (χ3n) is 7.06. The van der Waals surface area contributed by atoms with E-state index in [0.29, 0.717) is 30.1 Å². The Morgan fingerprint density at radius 3 is 2.75 bits per heavy atom. The van der Waals surface area contributed by atoms with Crippen molar-refractivity contribution in [2.24, 2.45) is 5.41 Å². The second-order valence-corrected chi connectivity index (χ2v) is 10.9. The third kappa shape index (κ3) is 4.87. The number of para-hydroxylation sites is 1. The van der Waals surface area contributed by atoms with Gasteiger partial charge in [0.15, 0.2) is 5.75 Å². The minimum Gasteiger partial charge on any atom is -0.549 e. The third-order valence-corrected chi connectivity index (χ3v) is 7.93. The van der Waals surface area contributed by atoms with E-state index in [-0.39, 0.29) is 24.7 Å². The zero-order valence-corrected chi connectivity index (χ0v) is 22.1. The maximum Gasteiger partial charge on any atom is 0.336 e. The zero-order chi connectivity index (χ0) is 26.0. The van der Waals surface area contributed by atoms with E-state index in [0.717, 1.165) is 5.56 Å². The van der Waals surface area contributed by atoms with Crippen molar-refractivity contribution < 1.29 is 29.2 Å². The van der Waals surface area contributed by atoms with Gasteiger partial charge in [0.1, 0.15) is 6.61 Å². The Balaban J connectivity index is 1.82. The van der Waals surface area contributed by atoms with E-state index in [1.165, 1.54) is 4.88 Å². The van der Waals surface area contributed by atoms with Gasteiger partial charge < -0.3 is 29.7 Å². The summed E-state index contributed by atoms with van der Waals surface area (Å²) in [6, 6.07) is 9.03. The van der Waals surface area contributed by atoms with Crippen LogP contribution in [0, 0.1) is 5.41 Å². The first-order valence-corrected chi connectivity index (χ1v) is 13.0. The number of hydrogen-bond acceptors (Lipinski definition) is 9. The van der Waals surface area contributed by atoms with Crippen LogP contribution in [0.4, 0.5) is 0 Å². The predicted molar refractivity (Wildman–Crippen MR) is 134 cm³/mol. The van der Waals surface area contributed by atoms with Gasteiger partial charge in [0.2, 0.25) is 0 Å². The molecule has 2 aliphatic rings. The van der Waals surface area contributed by atoms with Crippen molar-refractivity contribution in [2.45, 2.75) is 65.3 Å². The number of thiophene rings is 1. The molecule has 3 heterocycles. The average Bonchev–Trinajstić information content (AvgIpc) is 3.49. The first-order chi connectivity index (χ1) is 17.1. The van der Waals surface area contributed by atoms with Gasteiger partial charge >= 0.3 is 5.97 Å². The Kier molecular flexibility index (Phi) is 7.73. The molecule has 1 N–H and O–H groups in total. The quantitative estimate of drug-likeness (QED) is 0.403. The number of nitrogens with zero attached hydrogens (tertiary/aromatic N) is 1. The smallest absolute Gasteiger partial charge is 0.336 e. The van der Waals surface area contributed by atoms with Crippen LogP contribution < -0.4 is 15.3 Å². The summed E-state index contributed by atoms with van der Waals surface area (Å²) in [5, 5.41) is 18.5. The fourth-order valence-electron chi connectivity index (χ4n) is 5.32. The highest BCUT2D eigenvalue weighted by Gasteiger charge is 2.53. The number of carboxylic acid groups (broad SMARTS) is 1. The highest BCUT2D eigenvalue weighted by Crippen LogP contribution is 2.53. The molecule has 0 spiro atoms. The molecule has 4 rings (SSSR count). The summed E-state index contributed by atoms with van der Waals surface area (Å²) in [6.07, 6.45) is -0.125. The van der Waals surface area contributed by atoms with Gasteiger partial charge in [0, 0.05) is 45.6 Å². The molecule has 2 aliphatic heterocycles. The van der Waals surface area contributed by atoms with E-state index in [1.54, 1.807) is 38.2 Å². The summed E-state index contributed by atoms with van der Waals surface area (Å²) in [5.41, 5.74) is 0.776. The zero-order valence-electron chi connectivity index (χ0n) is 21.3. The lowest BCUT2D eigenvalue weighted by atomic mass is 9.60. The van der Waals surface area contributed by atoms with Crippen molar-refractivity contribution in [3.05, 3.63) is 63.0 Å². The standard InChI is InChI=1S/C27H34N2O6S/c1-16(2)34-25(30)22-17(3)28-18(4)27(26(31)32,11-12-29(5)14-20-9-7-13-36-20)23(22)21-10-6-8-19-15-33-35-24(19)21/h6-10,13,16,18,23,28H,11-12,14-15H2,1-5H3,(H,31,32)/p-1. The van der Waals surface area contributed by atoms with Crippen LogP contribution in [0.25, 0.3) is 0 Å². The first-order valence-electron chi connectivity index (χ1n) is 12.2. The van der Waals surface area contributed by atoms with E-state index in [1.807, 2.05) is 37.6 Å². The number of nitrogens with one attached hydrogen (secondary N) is 1. The van der Waals surface area contributed by atoms with Crippen LogP contribution in [0.3, 0.4) is 0 Å². The van der Waals surface area contributed by atoms with E-state index in [2.05, 4.69) is 16.3 Å². The minimum atomic E-state index is -1.46. The second kappa shape index (κ2) is 10.6. The summed E-state index contributed by atoms with van der Waals surface area (Å²) in [4.78, 5) is 40.7. The SMILES string of the molecule is CC1=C(C(=O)OC(C)C)C(c2cccc3c2OOC3)C(CCN(C)Cc2cccs2)(C(=O)[O-])C(C)N1. The van der Waals surface area contributed by atoms with Gasteiger partial charge in [-0.1, -0.05) is 24.3 Å². The summed E-state index contributed by atoms with van der Waals surface area (Å²) in [6.45, 7) is 8.57. The maximum atomic E-state index is 13.5. The number of aliphatic carboxylic acids is 1. The number of carbonyl (C=O) groups is 2. The van der Waals surface area contributed by atoms with Crippen LogP contribution in [-0.2, 0) is 32.4 Å². The van der Waals surface area contributed by atoms with Gasteiger partial charge in [-0.05, 0) is 59.2 Å². The van der Waals surface area contributed by atoms with Gasteiger partial charge in [-0.3, -0.25) is 0 Å². The molecule has 0 saturated carbocycles. The molecule has 9 heteroatoms. The van der Waals surface area contributed by atoms with Crippen molar-refractivity contribution in [1.82, 2.24) is 10.2 Å². The van der Waals surface area contributed by atoms with Crippen LogP contribution in [0.5, 0.6) is 5.75 Å². The molecule has 0 amide bonds. The molecule has 36 heavy (non-hydrogen) atoms. The topological polar surface area (TPSA) is 100 Å². The second-order valence-electron chi connectivity index (χ2n) is 9.87. The molecule has 1 aromatic heterocycles. The molecule has 0 fully saturated rings. The molecule has 0 aliphatic carbocycles. The number of benzene rings is 1. The van der Waals surface area contributed by atoms with E-state index in [9.17, 15) is 14.7 Å². The van der Waals surface area contributed by atoms with E-state index >= 15 is 0 Å². The largest absolute Gasteiger partial charge is 0.549 e. The number of hydrogen-bond donors (Lipinski definition) is 1. The summed E-state index contributed by atoms with van der Waals surface area (Å²) < 4.78 is 5.60. The number of carboxylic acids is 1. The molecular formula is C27H33N2O6S-. The van der Waals surface area contributed by atoms with Gasteiger partial charge in [-0.2, -0.15) is 4.89 Å². The molecule has 0 bridgehead atoms. The van der Waals surface area contributed by atoms with Gasteiger partial charge in [0.05, 0.1) is 17.6 Å². The summed E-state index contributed by atoms with van der Waals surface area (Å²) in [7, 11) is 1.96. The minimum absolute atomic E-state index is 0.242. The number of allylic oxidation sites excluding steroid dienone is 1. The Morgan fingerprint density at radius 2 is 2.08 bits per heavy atom. The van der Waals surface area contributed by atoms with Gasteiger partial charge in [-0.25, -0.2) is 4.79 Å². The normalized spacial score (nSPS) is 23.4. The Labute approximate surface area is 215 Å². The molecule has 2 aromatic rings.